The number of allylic oxidation sites excluding steroid dienone is 3. The first kappa shape index (κ1) is 16.8. The first-order valence-electron chi connectivity index (χ1n) is 8.60. The Morgan fingerprint density at radius 2 is 2.09 bits per heavy atom. The number of rotatable bonds is 8. The Balaban J connectivity index is 1.78. The molecule has 0 aromatic heterocycles. The van der Waals surface area contributed by atoms with Crippen LogP contribution in [0.5, 0.6) is 0 Å². The Hall–Kier alpha value is -1.60. The summed E-state index contributed by atoms with van der Waals surface area (Å²) in [5.74, 6) is 0. The summed E-state index contributed by atoms with van der Waals surface area (Å²) < 4.78 is 0. The Morgan fingerprint density at radius 1 is 1.27 bits per heavy atom. The van der Waals surface area contributed by atoms with Crippen LogP contribution < -0.4 is 0 Å². The second kappa shape index (κ2) is 9.42. The normalized spacial score (nSPS) is 16.4. The Kier molecular flexibility index (Phi) is 7.18. The van der Waals surface area contributed by atoms with E-state index in [0.29, 0.717) is 0 Å². The summed E-state index contributed by atoms with van der Waals surface area (Å²) in [5.41, 5.74) is 4.48. The predicted octanol–water partition coefficient (Wildman–Crippen LogP) is 5.16. The molecule has 0 aliphatic carbocycles. The zero-order valence-corrected chi connectivity index (χ0v) is 13.9. The summed E-state index contributed by atoms with van der Waals surface area (Å²) in [7, 11) is 0. The third kappa shape index (κ3) is 5.31. The number of nitrogens with zero attached hydrogens (tertiary/aromatic N) is 1. The molecule has 1 aromatic carbocycles. The molecular formula is C21H29N. The van der Waals surface area contributed by atoms with Crippen molar-refractivity contribution in [1.29, 1.82) is 0 Å². The molecule has 0 saturated heterocycles. The van der Waals surface area contributed by atoms with Crippen molar-refractivity contribution in [2.24, 2.45) is 0 Å². The molecule has 0 bridgehead atoms. The van der Waals surface area contributed by atoms with E-state index >= 15 is 0 Å². The molecule has 0 spiro atoms. The maximum absolute atomic E-state index is 3.85. The van der Waals surface area contributed by atoms with Crippen LogP contribution in [0.3, 0.4) is 0 Å². The zero-order chi connectivity index (χ0) is 15.6. The standard InChI is InChI=1S/C21H29N/c1-3-9-20(10-4-2)21-14-17-22(18-15-21)16-8-13-19-11-6-5-7-12-19/h3,5-7,9,11-12,14H,1,4,8,10,13,15-18H2,2H3/b20-9-. The van der Waals surface area contributed by atoms with Gasteiger partial charge in [0.05, 0.1) is 0 Å². The van der Waals surface area contributed by atoms with Crippen molar-refractivity contribution in [2.45, 2.75) is 39.0 Å². The molecule has 118 valence electrons. The van der Waals surface area contributed by atoms with Gasteiger partial charge in [-0.05, 0) is 48.9 Å². The number of benzene rings is 1. The molecule has 0 atom stereocenters. The monoisotopic (exact) mass is 295 g/mol. The van der Waals surface area contributed by atoms with Gasteiger partial charge in [-0.1, -0.05) is 68.5 Å². The van der Waals surface area contributed by atoms with Crippen LogP contribution >= 0.6 is 0 Å². The van der Waals surface area contributed by atoms with Crippen molar-refractivity contribution in [3.63, 3.8) is 0 Å². The molecule has 0 radical (unpaired) electrons. The van der Waals surface area contributed by atoms with Gasteiger partial charge in [0, 0.05) is 13.1 Å². The molecule has 1 aromatic rings. The fourth-order valence-corrected chi connectivity index (χ4v) is 3.12. The van der Waals surface area contributed by atoms with E-state index in [-0.39, 0.29) is 0 Å². The van der Waals surface area contributed by atoms with Gasteiger partial charge in [0.15, 0.2) is 0 Å². The molecule has 0 N–H and O–H groups in total. The lowest BCUT2D eigenvalue weighted by atomic mass is 9.95. The van der Waals surface area contributed by atoms with Gasteiger partial charge in [-0.3, -0.25) is 4.90 Å². The largest absolute Gasteiger partial charge is 0.299 e. The lowest BCUT2D eigenvalue weighted by molar-refractivity contribution is 0.291. The van der Waals surface area contributed by atoms with Crippen molar-refractivity contribution >= 4 is 0 Å². The minimum absolute atomic E-state index is 1.10. The van der Waals surface area contributed by atoms with E-state index in [0.717, 1.165) is 6.54 Å². The zero-order valence-electron chi connectivity index (χ0n) is 13.9. The Bertz CT molecular complexity index is 510. The van der Waals surface area contributed by atoms with Crippen molar-refractivity contribution in [3.05, 3.63) is 71.8 Å². The molecule has 0 amide bonds. The van der Waals surface area contributed by atoms with E-state index in [1.807, 2.05) is 6.08 Å². The third-order valence-corrected chi connectivity index (χ3v) is 4.33. The summed E-state index contributed by atoms with van der Waals surface area (Å²) in [4.78, 5) is 2.57. The molecule has 1 aliphatic rings. The van der Waals surface area contributed by atoms with E-state index < -0.39 is 0 Å². The highest BCUT2D eigenvalue weighted by Gasteiger charge is 2.13. The van der Waals surface area contributed by atoms with E-state index in [9.17, 15) is 0 Å². The summed E-state index contributed by atoms with van der Waals surface area (Å²) in [6, 6.07) is 10.8. The molecule has 0 unspecified atom stereocenters. The summed E-state index contributed by atoms with van der Waals surface area (Å²) in [6.07, 6.45) is 12.5. The molecule has 1 heterocycles. The number of aryl methyl sites for hydroxylation is 1. The molecule has 22 heavy (non-hydrogen) atoms. The Morgan fingerprint density at radius 3 is 2.73 bits per heavy atom. The molecule has 0 saturated carbocycles. The highest BCUT2D eigenvalue weighted by Crippen LogP contribution is 2.23. The van der Waals surface area contributed by atoms with Gasteiger partial charge in [-0.2, -0.15) is 0 Å². The highest BCUT2D eigenvalue weighted by molar-refractivity contribution is 5.34. The number of hydrogen-bond donors (Lipinski definition) is 0. The lowest BCUT2D eigenvalue weighted by Crippen LogP contribution is -2.30. The van der Waals surface area contributed by atoms with E-state index in [2.05, 4.69) is 60.9 Å². The molecular weight excluding hydrogens is 266 g/mol. The minimum atomic E-state index is 1.10. The lowest BCUT2D eigenvalue weighted by Gasteiger charge is -2.27. The van der Waals surface area contributed by atoms with Gasteiger partial charge in [-0.15, -0.1) is 0 Å². The second-order valence-electron chi connectivity index (χ2n) is 6.05. The van der Waals surface area contributed by atoms with Gasteiger partial charge < -0.3 is 0 Å². The van der Waals surface area contributed by atoms with Crippen molar-refractivity contribution in [2.75, 3.05) is 19.6 Å². The fourth-order valence-electron chi connectivity index (χ4n) is 3.12. The van der Waals surface area contributed by atoms with Gasteiger partial charge in [-0.25, -0.2) is 0 Å². The van der Waals surface area contributed by atoms with Crippen LogP contribution in [-0.2, 0) is 6.42 Å². The van der Waals surface area contributed by atoms with Crippen LogP contribution in [-0.4, -0.2) is 24.5 Å². The molecule has 1 heteroatoms. The average molecular weight is 295 g/mol. The van der Waals surface area contributed by atoms with Crippen LogP contribution in [0.15, 0.2) is 66.3 Å². The maximum Gasteiger partial charge on any atom is 0.0169 e. The molecule has 1 nitrogen and oxygen atoms in total. The smallest absolute Gasteiger partial charge is 0.0169 e. The topological polar surface area (TPSA) is 3.24 Å². The van der Waals surface area contributed by atoms with E-state index in [1.165, 1.54) is 56.3 Å². The van der Waals surface area contributed by atoms with Crippen molar-refractivity contribution in [1.82, 2.24) is 4.90 Å². The van der Waals surface area contributed by atoms with Crippen molar-refractivity contribution in [3.8, 4) is 0 Å². The highest BCUT2D eigenvalue weighted by atomic mass is 15.1. The minimum Gasteiger partial charge on any atom is -0.299 e. The quantitative estimate of drug-likeness (QED) is 0.598. The first-order valence-corrected chi connectivity index (χ1v) is 8.60. The molecule has 2 rings (SSSR count). The van der Waals surface area contributed by atoms with Crippen LogP contribution in [0.25, 0.3) is 0 Å². The van der Waals surface area contributed by atoms with Crippen LogP contribution in [0.2, 0.25) is 0 Å². The van der Waals surface area contributed by atoms with Crippen molar-refractivity contribution < 1.29 is 0 Å². The van der Waals surface area contributed by atoms with Crippen LogP contribution in [0.4, 0.5) is 0 Å². The van der Waals surface area contributed by atoms with Gasteiger partial charge in [0.25, 0.3) is 0 Å². The maximum atomic E-state index is 3.85. The van der Waals surface area contributed by atoms with Gasteiger partial charge in [0.1, 0.15) is 0 Å². The second-order valence-corrected chi connectivity index (χ2v) is 6.05. The van der Waals surface area contributed by atoms with E-state index in [4.69, 9.17) is 0 Å². The summed E-state index contributed by atoms with van der Waals surface area (Å²) in [6.45, 7) is 9.59. The third-order valence-electron chi connectivity index (χ3n) is 4.33. The number of hydrogen-bond acceptors (Lipinski definition) is 1. The van der Waals surface area contributed by atoms with Gasteiger partial charge >= 0.3 is 0 Å². The predicted molar refractivity (Wildman–Crippen MR) is 97.1 cm³/mol. The molecule has 1 aliphatic heterocycles. The Labute approximate surface area is 136 Å². The summed E-state index contributed by atoms with van der Waals surface area (Å²) in [5, 5.41) is 0. The van der Waals surface area contributed by atoms with Crippen LogP contribution in [0.1, 0.15) is 38.2 Å². The first-order chi connectivity index (χ1) is 10.8. The van der Waals surface area contributed by atoms with Crippen LogP contribution in [0, 0.1) is 0 Å². The van der Waals surface area contributed by atoms with Gasteiger partial charge in [0.2, 0.25) is 0 Å². The summed E-state index contributed by atoms with van der Waals surface area (Å²) >= 11 is 0. The molecule has 0 fully saturated rings. The SMILES string of the molecule is C=C/C=C(/CCC)C1=CCN(CCCc2ccccc2)CC1. The average Bonchev–Trinajstić information content (AvgIpc) is 2.56. The van der Waals surface area contributed by atoms with E-state index in [1.54, 1.807) is 5.57 Å². The fraction of sp³-hybridized carbons (Fsp3) is 0.429.